The van der Waals surface area contributed by atoms with Crippen LogP contribution < -0.4 is 10.6 Å². The lowest BCUT2D eigenvalue weighted by molar-refractivity contribution is -0.0390. The number of benzene rings is 2. The summed E-state index contributed by atoms with van der Waals surface area (Å²) in [7, 11) is 0. The molecular formula is C24H32FN3O2. The molecule has 0 atom stereocenters. The smallest absolute Gasteiger partial charge is 0.191 e. The first-order valence-electron chi connectivity index (χ1n) is 10.8. The minimum Gasteiger partial charge on any atom is -0.381 e. The van der Waals surface area contributed by atoms with E-state index in [1.165, 1.54) is 6.07 Å². The molecule has 0 spiro atoms. The number of nitrogens with one attached hydrogen (secondary N) is 2. The molecule has 1 fully saturated rings. The van der Waals surface area contributed by atoms with Crippen LogP contribution in [0.4, 0.5) is 4.39 Å². The average Bonchev–Trinajstić information content (AvgIpc) is 2.78. The molecule has 1 saturated heterocycles. The fourth-order valence-electron chi connectivity index (χ4n) is 3.40. The molecule has 0 amide bonds. The van der Waals surface area contributed by atoms with Gasteiger partial charge in [0.25, 0.3) is 0 Å². The van der Waals surface area contributed by atoms with Gasteiger partial charge in [-0.2, -0.15) is 0 Å². The molecule has 5 nitrogen and oxygen atoms in total. The van der Waals surface area contributed by atoms with E-state index in [9.17, 15) is 4.39 Å². The predicted octanol–water partition coefficient (Wildman–Crippen LogP) is 3.82. The summed E-state index contributed by atoms with van der Waals surface area (Å²) < 4.78 is 25.2. The van der Waals surface area contributed by atoms with Crippen molar-refractivity contribution in [2.45, 2.75) is 45.4 Å². The molecule has 2 N–H and O–H groups in total. The molecule has 6 heteroatoms. The number of ether oxygens (including phenoxy) is 2. The molecule has 1 aliphatic rings. The van der Waals surface area contributed by atoms with Gasteiger partial charge in [-0.25, -0.2) is 9.38 Å². The van der Waals surface area contributed by atoms with Gasteiger partial charge in [-0.15, -0.1) is 0 Å². The van der Waals surface area contributed by atoms with E-state index < -0.39 is 0 Å². The third kappa shape index (κ3) is 7.43. The van der Waals surface area contributed by atoms with Crippen LogP contribution in [-0.2, 0) is 29.0 Å². The van der Waals surface area contributed by atoms with Crippen molar-refractivity contribution in [1.29, 1.82) is 0 Å². The maximum atomic E-state index is 13.8. The second-order valence-electron chi connectivity index (χ2n) is 7.41. The van der Waals surface area contributed by atoms with Crippen LogP contribution in [0.3, 0.4) is 0 Å². The maximum absolute atomic E-state index is 13.8. The van der Waals surface area contributed by atoms with Crippen LogP contribution >= 0.6 is 0 Å². The SMILES string of the molecule is CCNC(=NCc1cccc(COC2CCOCC2)c1)NCCc1ccccc1F. The molecule has 1 aliphatic heterocycles. The van der Waals surface area contributed by atoms with Gasteiger partial charge in [0.1, 0.15) is 5.82 Å². The number of hydrogen-bond acceptors (Lipinski definition) is 3. The van der Waals surface area contributed by atoms with Crippen molar-refractivity contribution in [3.8, 4) is 0 Å². The standard InChI is InChI=1S/C24H32FN3O2/c1-2-26-24(27-13-10-21-8-3-4-9-23(21)25)28-17-19-6-5-7-20(16-19)18-30-22-11-14-29-15-12-22/h3-9,16,22H,2,10-15,17-18H2,1H3,(H2,26,27,28). The van der Waals surface area contributed by atoms with Gasteiger partial charge in [0.05, 0.1) is 19.3 Å². The summed E-state index contributed by atoms with van der Waals surface area (Å²) in [6.45, 7) is 6.18. The van der Waals surface area contributed by atoms with E-state index in [2.05, 4.69) is 33.8 Å². The first-order valence-corrected chi connectivity index (χ1v) is 10.8. The summed E-state index contributed by atoms with van der Waals surface area (Å²) >= 11 is 0. The third-order valence-electron chi connectivity index (χ3n) is 5.05. The van der Waals surface area contributed by atoms with E-state index in [1.54, 1.807) is 6.07 Å². The highest BCUT2D eigenvalue weighted by Crippen LogP contribution is 2.14. The van der Waals surface area contributed by atoms with Gasteiger partial charge in [0.2, 0.25) is 0 Å². The largest absolute Gasteiger partial charge is 0.381 e. The van der Waals surface area contributed by atoms with Gasteiger partial charge in [-0.05, 0) is 48.9 Å². The Labute approximate surface area is 178 Å². The maximum Gasteiger partial charge on any atom is 0.191 e. The summed E-state index contributed by atoms with van der Waals surface area (Å²) in [5, 5.41) is 6.53. The molecule has 0 bridgehead atoms. The van der Waals surface area contributed by atoms with Crippen molar-refractivity contribution in [2.24, 2.45) is 4.99 Å². The van der Waals surface area contributed by atoms with E-state index in [1.807, 2.05) is 25.1 Å². The molecule has 0 unspecified atom stereocenters. The number of halogens is 1. The Morgan fingerprint density at radius 3 is 2.70 bits per heavy atom. The van der Waals surface area contributed by atoms with E-state index in [4.69, 9.17) is 9.47 Å². The van der Waals surface area contributed by atoms with Gasteiger partial charge < -0.3 is 20.1 Å². The summed E-state index contributed by atoms with van der Waals surface area (Å²) in [4.78, 5) is 4.67. The molecule has 162 valence electrons. The molecule has 0 aromatic heterocycles. The van der Waals surface area contributed by atoms with Crippen LogP contribution in [0.5, 0.6) is 0 Å². The molecule has 30 heavy (non-hydrogen) atoms. The number of nitrogens with zero attached hydrogens (tertiary/aromatic N) is 1. The van der Waals surface area contributed by atoms with E-state index in [0.29, 0.717) is 37.8 Å². The minimum absolute atomic E-state index is 0.166. The van der Waals surface area contributed by atoms with Crippen molar-refractivity contribution >= 4 is 5.96 Å². The number of guanidine groups is 1. The summed E-state index contributed by atoms with van der Waals surface area (Å²) in [6, 6.07) is 15.2. The fraction of sp³-hybridized carbons (Fsp3) is 0.458. The van der Waals surface area contributed by atoms with Crippen molar-refractivity contribution in [2.75, 3.05) is 26.3 Å². The highest BCUT2D eigenvalue weighted by atomic mass is 19.1. The zero-order valence-corrected chi connectivity index (χ0v) is 17.7. The monoisotopic (exact) mass is 413 g/mol. The lowest BCUT2D eigenvalue weighted by Crippen LogP contribution is -2.38. The van der Waals surface area contributed by atoms with Crippen LogP contribution in [0.2, 0.25) is 0 Å². The molecular weight excluding hydrogens is 381 g/mol. The van der Waals surface area contributed by atoms with Crippen LogP contribution in [-0.4, -0.2) is 38.4 Å². The van der Waals surface area contributed by atoms with E-state index in [-0.39, 0.29) is 5.82 Å². The number of hydrogen-bond donors (Lipinski definition) is 2. The second kappa shape index (κ2) is 12.3. The highest BCUT2D eigenvalue weighted by Gasteiger charge is 2.14. The highest BCUT2D eigenvalue weighted by molar-refractivity contribution is 5.79. The van der Waals surface area contributed by atoms with Crippen LogP contribution in [0.15, 0.2) is 53.5 Å². The topological polar surface area (TPSA) is 54.9 Å². The zero-order valence-electron chi connectivity index (χ0n) is 17.7. The lowest BCUT2D eigenvalue weighted by Gasteiger charge is -2.22. The van der Waals surface area contributed by atoms with Crippen molar-refractivity contribution in [3.63, 3.8) is 0 Å². The molecule has 2 aromatic rings. The lowest BCUT2D eigenvalue weighted by atomic mass is 10.1. The van der Waals surface area contributed by atoms with Gasteiger partial charge in [0.15, 0.2) is 5.96 Å². The Morgan fingerprint density at radius 2 is 1.90 bits per heavy atom. The van der Waals surface area contributed by atoms with Crippen LogP contribution in [0.1, 0.15) is 36.5 Å². The number of rotatable bonds is 9. The van der Waals surface area contributed by atoms with Crippen LogP contribution in [0.25, 0.3) is 0 Å². The summed E-state index contributed by atoms with van der Waals surface area (Å²) in [6.07, 6.45) is 2.83. The molecule has 1 heterocycles. The van der Waals surface area contributed by atoms with E-state index >= 15 is 0 Å². The quantitative estimate of drug-likeness (QED) is 0.485. The molecule has 0 saturated carbocycles. The Morgan fingerprint density at radius 1 is 1.10 bits per heavy atom. The summed E-state index contributed by atoms with van der Waals surface area (Å²) in [5.74, 6) is 0.568. The molecule has 0 aliphatic carbocycles. The minimum atomic E-state index is -0.166. The van der Waals surface area contributed by atoms with Crippen LogP contribution in [0, 0.1) is 5.82 Å². The van der Waals surface area contributed by atoms with Crippen molar-refractivity contribution in [1.82, 2.24) is 10.6 Å². The molecule has 3 rings (SSSR count). The Bertz CT molecular complexity index is 807. The summed E-state index contributed by atoms with van der Waals surface area (Å²) in [5.41, 5.74) is 3.00. The number of aliphatic imine (C=N–C) groups is 1. The first-order chi connectivity index (χ1) is 14.7. The van der Waals surface area contributed by atoms with Gasteiger partial charge >= 0.3 is 0 Å². The third-order valence-corrected chi connectivity index (χ3v) is 5.05. The fourth-order valence-corrected chi connectivity index (χ4v) is 3.40. The average molecular weight is 414 g/mol. The van der Waals surface area contributed by atoms with Crippen molar-refractivity contribution in [3.05, 3.63) is 71.0 Å². The Kier molecular flexibility index (Phi) is 9.12. The molecule has 2 aromatic carbocycles. The van der Waals surface area contributed by atoms with Crippen molar-refractivity contribution < 1.29 is 13.9 Å². The van der Waals surface area contributed by atoms with Gasteiger partial charge in [-0.1, -0.05) is 42.5 Å². The van der Waals surface area contributed by atoms with Gasteiger partial charge in [0, 0.05) is 26.3 Å². The second-order valence-corrected chi connectivity index (χ2v) is 7.41. The Balaban J connectivity index is 1.50. The molecule has 0 radical (unpaired) electrons. The Hall–Kier alpha value is -2.44. The first kappa shape index (κ1) is 22.2. The normalized spacial score (nSPS) is 15.2. The zero-order chi connectivity index (χ0) is 21.0. The predicted molar refractivity (Wildman–Crippen MR) is 118 cm³/mol. The van der Waals surface area contributed by atoms with E-state index in [0.717, 1.165) is 49.7 Å². The van der Waals surface area contributed by atoms with Gasteiger partial charge in [-0.3, -0.25) is 0 Å².